The molecule has 22 heavy (non-hydrogen) atoms. The summed E-state index contributed by atoms with van der Waals surface area (Å²) in [6.45, 7) is 7.43. The molecule has 5 unspecified atom stereocenters. The minimum atomic E-state index is -0.318. The van der Waals surface area contributed by atoms with Gasteiger partial charge in [0.25, 0.3) is 0 Å². The quantitative estimate of drug-likeness (QED) is 0.662. The normalized spacial score (nSPS) is 28.1. The summed E-state index contributed by atoms with van der Waals surface area (Å²) in [7, 11) is 0. The van der Waals surface area contributed by atoms with Gasteiger partial charge in [0.2, 0.25) is 0 Å². The topological polar surface area (TPSA) is 65.0 Å². The number of rotatable bonds is 9. The number of hydrogen-bond donors (Lipinski definition) is 1. The summed E-state index contributed by atoms with van der Waals surface area (Å²) in [5.41, 5.74) is 0. The fraction of sp³-hybridized carbons (Fsp3) is 0.941. The van der Waals surface area contributed by atoms with Crippen LogP contribution in [0, 0.1) is 0 Å². The van der Waals surface area contributed by atoms with Gasteiger partial charge in [-0.2, -0.15) is 0 Å². The summed E-state index contributed by atoms with van der Waals surface area (Å²) in [5.74, 6) is -0.260. The first kappa shape index (κ1) is 19.4. The molecule has 1 heterocycles. The minimum absolute atomic E-state index is 0.138. The van der Waals surface area contributed by atoms with E-state index in [-0.39, 0.29) is 36.7 Å². The average molecular weight is 316 g/mol. The lowest BCUT2D eigenvalue weighted by atomic mass is 9.99. The van der Waals surface area contributed by atoms with E-state index in [2.05, 4.69) is 6.92 Å². The van der Waals surface area contributed by atoms with Crippen LogP contribution in [0.5, 0.6) is 0 Å². The highest BCUT2D eigenvalue weighted by atomic mass is 16.7. The van der Waals surface area contributed by atoms with Gasteiger partial charge in [0.15, 0.2) is 6.29 Å². The zero-order valence-corrected chi connectivity index (χ0v) is 14.4. The van der Waals surface area contributed by atoms with Crippen LogP contribution in [0.1, 0.15) is 72.6 Å². The summed E-state index contributed by atoms with van der Waals surface area (Å²) < 4.78 is 16.9. The van der Waals surface area contributed by atoms with E-state index in [1.165, 1.54) is 6.92 Å². The van der Waals surface area contributed by atoms with Crippen LogP contribution in [0.15, 0.2) is 0 Å². The van der Waals surface area contributed by atoms with Crippen molar-refractivity contribution in [1.29, 1.82) is 0 Å². The average Bonchev–Trinajstić information content (AvgIpc) is 2.48. The molecule has 1 rings (SSSR count). The molecular formula is C17H32O5. The number of esters is 1. The first-order valence-electron chi connectivity index (χ1n) is 8.60. The van der Waals surface area contributed by atoms with Crippen LogP contribution in [0.4, 0.5) is 0 Å². The van der Waals surface area contributed by atoms with Crippen molar-refractivity contribution in [3.63, 3.8) is 0 Å². The Morgan fingerprint density at radius 3 is 2.50 bits per heavy atom. The van der Waals surface area contributed by atoms with Crippen LogP contribution in [-0.2, 0) is 19.0 Å². The van der Waals surface area contributed by atoms with E-state index in [9.17, 15) is 9.90 Å². The molecule has 0 aliphatic carbocycles. The van der Waals surface area contributed by atoms with Gasteiger partial charge in [0, 0.05) is 6.92 Å². The number of hydrogen-bond acceptors (Lipinski definition) is 5. The molecule has 1 aliphatic heterocycles. The number of aliphatic hydroxyl groups excluding tert-OH is 1. The molecule has 1 fully saturated rings. The number of aliphatic hydroxyl groups is 1. The Morgan fingerprint density at radius 2 is 1.91 bits per heavy atom. The van der Waals surface area contributed by atoms with Crippen LogP contribution in [0.25, 0.3) is 0 Å². The SMILES string of the molecule is CCC(O)CCC(CCC1CC(CC)OC(C)O1)OC(C)=O. The predicted molar refractivity (Wildman–Crippen MR) is 84.4 cm³/mol. The standard InChI is InChI=1S/C17H32O5/c1-5-14(19)7-8-16(20-12(3)18)9-10-17-11-15(6-2)21-13(4)22-17/h13-17,19H,5-11H2,1-4H3. The zero-order chi connectivity index (χ0) is 16.5. The van der Waals surface area contributed by atoms with Crippen molar-refractivity contribution in [3.05, 3.63) is 0 Å². The molecule has 0 aromatic rings. The summed E-state index contributed by atoms with van der Waals surface area (Å²) in [6.07, 6.45) is 5.37. The molecule has 0 aromatic carbocycles. The third kappa shape index (κ3) is 7.56. The van der Waals surface area contributed by atoms with Crippen LogP contribution < -0.4 is 0 Å². The highest BCUT2D eigenvalue weighted by Gasteiger charge is 2.27. The molecule has 0 bridgehead atoms. The molecular weight excluding hydrogens is 284 g/mol. The largest absolute Gasteiger partial charge is 0.463 e. The Balaban J connectivity index is 2.42. The maximum atomic E-state index is 11.2. The van der Waals surface area contributed by atoms with E-state index >= 15 is 0 Å². The second-order valence-corrected chi connectivity index (χ2v) is 6.18. The van der Waals surface area contributed by atoms with Crippen LogP contribution in [0.2, 0.25) is 0 Å². The second-order valence-electron chi connectivity index (χ2n) is 6.18. The van der Waals surface area contributed by atoms with Gasteiger partial charge < -0.3 is 19.3 Å². The smallest absolute Gasteiger partial charge is 0.302 e. The lowest BCUT2D eigenvalue weighted by molar-refractivity contribution is -0.236. The lowest BCUT2D eigenvalue weighted by Gasteiger charge is -2.34. The molecule has 0 saturated carbocycles. The monoisotopic (exact) mass is 316 g/mol. The van der Waals surface area contributed by atoms with Gasteiger partial charge in [-0.3, -0.25) is 4.79 Å². The van der Waals surface area contributed by atoms with Crippen LogP contribution in [-0.4, -0.2) is 41.8 Å². The molecule has 5 atom stereocenters. The van der Waals surface area contributed by atoms with Crippen molar-refractivity contribution in [2.45, 2.75) is 103 Å². The van der Waals surface area contributed by atoms with E-state index < -0.39 is 0 Å². The molecule has 0 amide bonds. The predicted octanol–water partition coefficient (Wildman–Crippen LogP) is 3.18. The fourth-order valence-electron chi connectivity index (χ4n) is 2.88. The van der Waals surface area contributed by atoms with Crippen molar-refractivity contribution in [2.24, 2.45) is 0 Å². The molecule has 0 spiro atoms. The maximum Gasteiger partial charge on any atom is 0.302 e. The minimum Gasteiger partial charge on any atom is -0.463 e. The van der Waals surface area contributed by atoms with Crippen molar-refractivity contribution in [3.8, 4) is 0 Å². The number of ether oxygens (including phenoxy) is 3. The van der Waals surface area contributed by atoms with E-state index in [0.29, 0.717) is 12.8 Å². The van der Waals surface area contributed by atoms with E-state index in [1.54, 1.807) is 0 Å². The van der Waals surface area contributed by atoms with Gasteiger partial charge in [0.1, 0.15) is 6.10 Å². The molecule has 1 N–H and O–H groups in total. The number of carbonyl (C=O) groups excluding carboxylic acids is 1. The molecule has 5 nitrogen and oxygen atoms in total. The Labute approximate surface area is 134 Å². The van der Waals surface area contributed by atoms with E-state index in [0.717, 1.165) is 32.1 Å². The lowest BCUT2D eigenvalue weighted by Crippen LogP contribution is -2.37. The van der Waals surface area contributed by atoms with Crippen molar-refractivity contribution in [1.82, 2.24) is 0 Å². The highest BCUT2D eigenvalue weighted by molar-refractivity contribution is 5.66. The van der Waals surface area contributed by atoms with Gasteiger partial charge in [-0.05, 0) is 51.9 Å². The molecule has 0 radical (unpaired) electrons. The molecule has 0 aromatic heterocycles. The van der Waals surface area contributed by atoms with Gasteiger partial charge >= 0.3 is 5.97 Å². The van der Waals surface area contributed by atoms with Crippen molar-refractivity contribution in [2.75, 3.05) is 0 Å². The second kappa shape index (κ2) is 10.2. The molecule has 1 saturated heterocycles. The van der Waals surface area contributed by atoms with Crippen LogP contribution in [0.3, 0.4) is 0 Å². The van der Waals surface area contributed by atoms with E-state index in [1.807, 2.05) is 13.8 Å². The van der Waals surface area contributed by atoms with Crippen molar-refractivity contribution < 1.29 is 24.1 Å². The first-order chi connectivity index (χ1) is 10.4. The Morgan fingerprint density at radius 1 is 1.23 bits per heavy atom. The molecule has 130 valence electrons. The zero-order valence-electron chi connectivity index (χ0n) is 14.4. The summed E-state index contributed by atoms with van der Waals surface area (Å²) in [6, 6.07) is 0. The van der Waals surface area contributed by atoms with Crippen LogP contribution >= 0.6 is 0 Å². The maximum absolute atomic E-state index is 11.2. The molecule has 1 aliphatic rings. The summed E-state index contributed by atoms with van der Waals surface area (Å²) in [5, 5.41) is 9.68. The fourth-order valence-corrected chi connectivity index (χ4v) is 2.88. The van der Waals surface area contributed by atoms with Gasteiger partial charge in [-0.1, -0.05) is 13.8 Å². The van der Waals surface area contributed by atoms with Crippen molar-refractivity contribution >= 4 is 5.97 Å². The van der Waals surface area contributed by atoms with Gasteiger partial charge in [-0.15, -0.1) is 0 Å². The van der Waals surface area contributed by atoms with E-state index in [4.69, 9.17) is 14.2 Å². The highest BCUT2D eigenvalue weighted by Crippen LogP contribution is 2.25. The Hall–Kier alpha value is -0.650. The Kier molecular flexibility index (Phi) is 8.98. The third-order valence-electron chi connectivity index (χ3n) is 4.19. The first-order valence-corrected chi connectivity index (χ1v) is 8.60. The van der Waals surface area contributed by atoms with Gasteiger partial charge in [-0.25, -0.2) is 0 Å². The number of carbonyl (C=O) groups is 1. The van der Waals surface area contributed by atoms with Gasteiger partial charge in [0.05, 0.1) is 18.3 Å². The summed E-state index contributed by atoms with van der Waals surface area (Å²) in [4.78, 5) is 11.2. The Bertz CT molecular complexity index is 320. The third-order valence-corrected chi connectivity index (χ3v) is 4.19. The summed E-state index contributed by atoms with van der Waals surface area (Å²) >= 11 is 0. The molecule has 5 heteroatoms.